The topological polar surface area (TPSA) is 52.0 Å². The van der Waals surface area contributed by atoms with E-state index in [9.17, 15) is 4.39 Å². The van der Waals surface area contributed by atoms with Crippen LogP contribution in [0.2, 0.25) is 5.02 Å². The van der Waals surface area contributed by atoms with Crippen LogP contribution in [0.5, 0.6) is 0 Å². The van der Waals surface area contributed by atoms with E-state index in [2.05, 4.69) is 4.98 Å². The largest absolute Gasteiger partial charge is 0.436 e. The summed E-state index contributed by atoms with van der Waals surface area (Å²) in [6.45, 7) is 0. The van der Waals surface area contributed by atoms with Gasteiger partial charge in [-0.05, 0) is 30.3 Å². The van der Waals surface area contributed by atoms with E-state index in [4.69, 9.17) is 21.8 Å². The molecule has 2 N–H and O–H groups in total. The molecule has 0 aliphatic heterocycles. The average molecular weight is 263 g/mol. The molecule has 0 aliphatic carbocycles. The fourth-order valence-corrected chi connectivity index (χ4v) is 1.90. The first-order chi connectivity index (χ1) is 8.63. The van der Waals surface area contributed by atoms with Crippen LogP contribution in [0.15, 0.2) is 40.8 Å². The molecule has 0 saturated carbocycles. The van der Waals surface area contributed by atoms with Gasteiger partial charge in [-0.1, -0.05) is 11.6 Å². The van der Waals surface area contributed by atoms with E-state index in [1.807, 2.05) is 0 Å². The molecule has 1 aromatic heterocycles. The third-order valence-corrected chi connectivity index (χ3v) is 2.83. The van der Waals surface area contributed by atoms with Crippen LogP contribution in [-0.2, 0) is 0 Å². The quantitative estimate of drug-likeness (QED) is 0.677. The summed E-state index contributed by atoms with van der Waals surface area (Å²) >= 11 is 5.91. The first-order valence-corrected chi connectivity index (χ1v) is 5.63. The number of nitrogen functional groups attached to an aromatic ring is 1. The van der Waals surface area contributed by atoms with Gasteiger partial charge in [0.25, 0.3) is 0 Å². The highest BCUT2D eigenvalue weighted by molar-refractivity contribution is 6.31. The molecule has 0 atom stereocenters. The number of nitrogens with two attached hydrogens (primary N) is 1. The molecule has 0 aliphatic rings. The molecule has 0 amide bonds. The van der Waals surface area contributed by atoms with Crippen molar-refractivity contribution in [3.05, 3.63) is 47.2 Å². The summed E-state index contributed by atoms with van der Waals surface area (Å²) in [5.74, 6) is -0.0305. The molecule has 0 radical (unpaired) electrons. The van der Waals surface area contributed by atoms with Gasteiger partial charge in [-0.15, -0.1) is 0 Å². The maximum absolute atomic E-state index is 13.1. The number of rotatable bonds is 1. The Morgan fingerprint density at radius 2 is 2.00 bits per heavy atom. The number of hydrogen-bond donors (Lipinski definition) is 1. The van der Waals surface area contributed by atoms with Gasteiger partial charge < -0.3 is 10.2 Å². The van der Waals surface area contributed by atoms with Crippen LogP contribution in [0.3, 0.4) is 0 Å². The van der Waals surface area contributed by atoms with Crippen molar-refractivity contribution in [2.45, 2.75) is 0 Å². The van der Waals surface area contributed by atoms with Crippen LogP contribution >= 0.6 is 11.6 Å². The van der Waals surface area contributed by atoms with Crippen molar-refractivity contribution in [2.24, 2.45) is 0 Å². The minimum absolute atomic E-state index is 0.329. The SMILES string of the molecule is Nc1ccc(Cl)cc1-c1nc2cc(F)ccc2o1. The number of aromatic nitrogens is 1. The molecule has 3 nitrogen and oxygen atoms in total. The van der Waals surface area contributed by atoms with Crippen LogP contribution in [0.25, 0.3) is 22.6 Å². The van der Waals surface area contributed by atoms with Gasteiger partial charge in [0.1, 0.15) is 11.3 Å². The molecule has 3 aromatic rings. The number of halogens is 2. The van der Waals surface area contributed by atoms with Crippen molar-refractivity contribution in [1.82, 2.24) is 4.98 Å². The Labute approximate surface area is 107 Å². The standard InChI is InChI=1S/C13H8ClFN2O/c14-7-1-3-10(16)9(5-7)13-17-11-6-8(15)2-4-12(11)18-13/h1-6H,16H2. The van der Waals surface area contributed by atoms with Crippen molar-refractivity contribution in [2.75, 3.05) is 5.73 Å². The number of anilines is 1. The second kappa shape index (κ2) is 3.99. The van der Waals surface area contributed by atoms with Gasteiger partial charge in [-0.3, -0.25) is 0 Å². The van der Waals surface area contributed by atoms with Crippen molar-refractivity contribution in [1.29, 1.82) is 0 Å². The first kappa shape index (κ1) is 11.0. The maximum atomic E-state index is 13.1. The molecule has 0 fully saturated rings. The van der Waals surface area contributed by atoms with Crippen molar-refractivity contribution in [3.63, 3.8) is 0 Å². The van der Waals surface area contributed by atoms with E-state index in [0.717, 1.165) is 0 Å². The lowest BCUT2D eigenvalue weighted by atomic mass is 10.2. The second-order valence-electron chi connectivity index (χ2n) is 3.86. The zero-order valence-corrected chi connectivity index (χ0v) is 9.91. The molecule has 0 saturated heterocycles. The highest BCUT2D eigenvalue weighted by Gasteiger charge is 2.12. The lowest BCUT2D eigenvalue weighted by Crippen LogP contribution is -1.89. The molecule has 2 aromatic carbocycles. The second-order valence-corrected chi connectivity index (χ2v) is 4.30. The maximum Gasteiger partial charge on any atom is 0.229 e. The molecular formula is C13H8ClFN2O. The van der Waals surface area contributed by atoms with Crippen LogP contribution in [0.4, 0.5) is 10.1 Å². The molecule has 1 heterocycles. The summed E-state index contributed by atoms with van der Waals surface area (Å²) in [5, 5.41) is 0.535. The van der Waals surface area contributed by atoms with E-state index in [1.165, 1.54) is 18.2 Å². The Kier molecular flexibility index (Phi) is 2.45. The molecule has 90 valence electrons. The fourth-order valence-electron chi connectivity index (χ4n) is 1.73. The first-order valence-electron chi connectivity index (χ1n) is 5.25. The Morgan fingerprint density at radius 1 is 1.17 bits per heavy atom. The Bertz CT molecular complexity index is 739. The monoisotopic (exact) mass is 262 g/mol. The van der Waals surface area contributed by atoms with E-state index in [-0.39, 0.29) is 5.82 Å². The molecule has 0 unspecified atom stereocenters. The van der Waals surface area contributed by atoms with Gasteiger partial charge in [0, 0.05) is 16.8 Å². The van der Waals surface area contributed by atoms with E-state index >= 15 is 0 Å². The van der Waals surface area contributed by atoms with Crippen LogP contribution in [0.1, 0.15) is 0 Å². The van der Waals surface area contributed by atoms with Gasteiger partial charge in [0.2, 0.25) is 5.89 Å². The summed E-state index contributed by atoms with van der Waals surface area (Å²) < 4.78 is 18.6. The predicted molar refractivity (Wildman–Crippen MR) is 68.8 cm³/mol. The third-order valence-electron chi connectivity index (χ3n) is 2.60. The van der Waals surface area contributed by atoms with Gasteiger partial charge in [0.05, 0.1) is 5.56 Å². The summed E-state index contributed by atoms with van der Waals surface area (Å²) in [4.78, 5) is 4.20. The van der Waals surface area contributed by atoms with E-state index < -0.39 is 0 Å². The van der Waals surface area contributed by atoms with E-state index in [0.29, 0.717) is 33.3 Å². The Balaban J connectivity index is 2.22. The zero-order valence-electron chi connectivity index (χ0n) is 9.15. The number of hydrogen-bond acceptors (Lipinski definition) is 3. The molecule has 18 heavy (non-hydrogen) atoms. The van der Waals surface area contributed by atoms with E-state index in [1.54, 1.807) is 18.2 Å². The molecule has 0 spiro atoms. The Morgan fingerprint density at radius 3 is 2.83 bits per heavy atom. The van der Waals surface area contributed by atoms with Gasteiger partial charge in [-0.2, -0.15) is 0 Å². The fraction of sp³-hybridized carbons (Fsp3) is 0. The lowest BCUT2D eigenvalue weighted by molar-refractivity contribution is 0.614. The molecule has 3 rings (SSSR count). The summed E-state index contributed by atoms with van der Waals surface area (Å²) in [7, 11) is 0. The summed E-state index contributed by atoms with van der Waals surface area (Å²) in [6, 6.07) is 9.18. The van der Waals surface area contributed by atoms with Gasteiger partial charge in [-0.25, -0.2) is 9.37 Å². The lowest BCUT2D eigenvalue weighted by Gasteiger charge is -2.00. The number of nitrogens with zero attached hydrogens (tertiary/aromatic N) is 1. The highest BCUT2D eigenvalue weighted by Crippen LogP contribution is 2.30. The molecule has 0 bridgehead atoms. The van der Waals surface area contributed by atoms with Crippen molar-refractivity contribution >= 4 is 28.4 Å². The van der Waals surface area contributed by atoms with Crippen LogP contribution < -0.4 is 5.73 Å². The average Bonchev–Trinajstić information content (AvgIpc) is 2.74. The summed E-state index contributed by atoms with van der Waals surface area (Å²) in [6.07, 6.45) is 0. The molecule has 5 heteroatoms. The minimum Gasteiger partial charge on any atom is -0.436 e. The van der Waals surface area contributed by atoms with Crippen LogP contribution in [-0.4, -0.2) is 4.98 Å². The highest BCUT2D eigenvalue weighted by atomic mass is 35.5. The third kappa shape index (κ3) is 1.80. The number of benzene rings is 2. The van der Waals surface area contributed by atoms with Crippen molar-refractivity contribution < 1.29 is 8.81 Å². The minimum atomic E-state index is -0.360. The number of fused-ring (bicyclic) bond motifs is 1. The zero-order chi connectivity index (χ0) is 12.7. The Hall–Kier alpha value is -2.07. The van der Waals surface area contributed by atoms with Crippen LogP contribution in [0, 0.1) is 5.82 Å². The predicted octanol–water partition coefficient (Wildman–Crippen LogP) is 3.87. The number of oxazole rings is 1. The van der Waals surface area contributed by atoms with Gasteiger partial charge in [0.15, 0.2) is 5.58 Å². The normalized spacial score (nSPS) is 11.0. The van der Waals surface area contributed by atoms with Gasteiger partial charge >= 0.3 is 0 Å². The smallest absolute Gasteiger partial charge is 0.229 e. The molecular weight excluding hydrogens is 255 g/mol. The summed E-state index contributed by atoms with van der Waals surface area (Å²) in [5.41, 5.74) is 7.90. The van der Waals surface area contributed by atoms with Crippen molar-refractivity contribution in [3.8, 4) is 11.5 Å².